The molecule has 0 bridgehead atoms. The van der Waals surface area contributed by atoms with Crippen LogP contribution in [0.1, 0.15) is 22.5 Å². The van der Waals surface area contributed by atoms with E-state index in [0.29, 0.717) is 18.3 Å². The van der Waals surface area contributed by atoms with E-state index in [1.165, 1.54) is 11.1 Å². The minimum Gasteiger partial charge on any atom is -0.383 e. The van der Waals surface area contributed by atoms with Crippen molar-refractivity contribution < 1.29 is 4.74 Å². The fraction of sp³-hybridized carbons (Fsp3) is 0.412. The van der Waals surface area contributed by atoms with Crippen LogP contribution in [-0.4, -0.2) is 35.2 Å². The van der Waals surface area contributed by atoms with Crippen molar-refractivity contribution in [3.8, 4) is 0 Å². The highest BCUT2D eigenvalue weighted by molar-refractivity contribution is 7.80. The molecule has 2 aromatic rings. The first-order chi connectivity index (χ1) is 11.0. The Balaban J connectivity index is 2.10. The molecule has 0 amide bonds. The second-order valence-corrected chi connectivity index (χ2v) is 5.91. The summed E-state index contributed by atoms with van der Waals surface area (Å²) in [6, 6.07) is 8.37. The van der Waals surface area contributed by atoms with Gasteiger partial charge in [0, 0.05) is 13.7 Å². The number of aryl methyl sites for hydroxylation is 2. The number of aromatic nitrogens is 2. The zero-order valence-corrected chi connectivity index (χ0v) is 15.0. The lowest BCUT2D eigenvalue weighted by atomic mass is 10.1. The van der Waals surface area contributed by atoms with Crippen LogP contribution >= 0.6 is 12.2 Å². The van der Waals surface area contributed by atoms with Crippen LogP contribution in [0.3, 0.4) is 0 Å². The number of methoxy groups -OCH3 is 1. The first kappa shape index (κ1) is 17.4. The Labute approximate surface area is 143 Å². The van der Waals surface area contributed by atoms with Crippen molar-refractivity contribution in [2.45, 2.75) is 27.3 Å². The van der Waals surface area contributed by atoms with Gasteiger partial charge in [0.25, 0.3) is 0 Å². The van der Waals surface area contributed by atoms with Crippen LogP contribution in [0.5, 0.6) is 0 Å². The molecule has 0 unspecified atom stereocenters. The van der Waals surface area contributed by atoms with E-state index in [0.717, 1.165) is 23.6 Å². The maximum atomic E-state index is 5.31. The van der Waals surface area contributed by atoms with Gasteiger partial charge < -0.3 is 15.4 Å². The highest BCUT2D eigenvalue weighted by Crippen LogP contribution is 2.21. The molecular weight excluding hydrogens is 308 g/mol. The van der Waals surface area contributed by atoms with Crippen LogP contribution in [0.15, 0.2) is 24.3 Å². The third-order valence-electron chi connectivity index (χ3n) is 3.79. The molecule has 0 fully saturated rings. The van der Waals surface area contributed by atoms with Gasteiger partial charge >= 0.3 is 0 Å². The zero-order chi connectivity index (χ0) is 16.8. The molecule has 124 valence electrons. The Morgan fingerprint density at radius 2 is 2.00 bits per heavy atom. The molecule has 5 nitrogen and oxygen atoms in total. The molecule has 0 radical (unpaired) electrons. The molecule has 0 aliphatic heterocycles. The van der Waals surface area contributed by atoms with Crippen molar-refractivity contribution in [2.75, 3.05) is 25.6 Å². The third kappa shape index (κ3) is 4.53. The molecule has 0 saturated carbocycles. The smallest absolute Gasteiger partial charge is 0.170 e. The van der Waals surface area contributed by atoms with Gasteiger partial charge in [-0.15, -0.1) is 0 Å². The summed E-state index contributed by atoms with van der Waals surface area (Å²) in [5.74, 6) is 0. The predicted octanol–water partition coefficient (Wildman–Crippen LogP) is 2.79. The van der Waals surface area contributed by atoms with Gasteiger partial charge in [-0.25, -0.2) is 0 Å². The lowest BCUT2D eigenvalue weighted by molar-refractivity contribution is 0.204. The molecule has 0 atom stereocenters. The molecule has 6 heteroatoms. The Morgan fingerprint density at radius 3 is 2.70 bits per heavy atom. The molecule has 0 aliphatic rings. The van der Waals surface area contributed by atoms with Gasteiger partial charge in [-0.2, -0.15) is 5.10 Å². The second kappa shape index (κ2) is 8.08. The molecule has 1 aromatic carbocycles. The number of thiocarbonyl (C=S) groups is 1. The number of anilines is 1. The Hall–Kier alpha value is -1.92. The predicted molar refractivity (Wildman–Crippen MR) is 98.1 cm³/mol. The van der Waals surface area contributed by atoms with Crippen LogP contribution in [0.25, 0.3) is 0 Å². The quantitative estimate of drug-likeness (QED) is 0.629. The summed E-state index contributed by atoms with van der Waals surface area (Å²) in [4.78, 5) is 0. The molecular formula is C17H24N4OS. The molecule has 2 rings (SSSR count). The molecule has 0 saturated heterocycles. The number of nitrogens with zero attached hydrogens (tertiary/aromatic N) is 2. The van der Waals surface area contributed by atoms with E-state index in [1.807, 2.05) is 11.6 Å². The Bertz CT molecular complexity index is 681. The van der Waals surface area contributed by atoms with E-state index in [4.69, 9.17) is 17.0 Å². The Kier molecular flexibility index (Phi) is 6.12. The molecule has 0 spiro atoms. The van der Waals surface area contributed by atoms with Gasteiger partial charge in [0.1, 0.15) is 0 Å². The summed E-state index contributed by atoms with van der Waals surface area (Å²) in [5.41, 5.74) is 5.51. The summed E-state index contributed by atoms with van der Waals surface area (Å²) >= 11 is 5.31. The molecule has 1 aromatic heterocycles. The van der Waals surface area contributed by atoms with Crippen LogP contribution in [0.4, 0.5) is 5.69 Å². The van der Waals surface area contributed by atoms with Gasteiger partial charge in [0.2, 0.25) is 0 Å². The second-order valence-electron chi connectivity index (χ2n) is 5.50. The maximum absolute atomic E-state index is 5.31. The standard InChI is InChI=1S/C17H24N4OS/c1-12-7-5-6-8-15(12)11-21-14(3)16(13(2)20-21)19-17(23)18-9-10-22-4/h5-8H,9-11H2,1-4H3,(H2,18,19,23). The lowest BCUT2D eigenvalue weighted by Crippen LogP contribution is -2.31. The average Bonchev–Trinajstić information content (AvgIpc) is 2.77. The number of ether oxygens (including phenoxy) is 1. The maximum Gasteiger partial charge on any atom is 0.170 e. The summed E-state index contributed by atoms with van der Waals surface area (Å²) in [6.07, 6.45) is 0. The normalized spacial score (nSPS) is 10.6. The highest BCUT2D eigenvalue weighted by Gasteiger charge is 2.13. The first-order valence-corrected chi connectivity index (χ1v) is 8.06. The fourth-order valence-electron chi connectivity index (χ4n) is 2.40. The lowest BCUT2D eigenvalue weighted by Gasteiger charge is -2.11. The van der Waals surface area contributed by atoms with Gasteiger partial charge in [0.05, 0.1) is 30.2 Å². The van der Waals surface area contributed by atoms with Crippen LogP contribution in [-0.2, 0) is 11.3 Å². The van der Waals surface area contributed by atoms with E-state index in [9.17, 15) is 0 Å². The molecule has 0 aliphatic carbocycles. The van der Waals surface area contributed by atoms with E-state index < -0.39 is 0 Å². The highest BCUT2D eigenvalue weighted by atomic mass is 32.1. The number of nitrogens with one attached hydrogen (secondary N) is 2. The van der Waals surface area contributed by atoms with Crippen LogP contribution in [0, 0.1) is 20.8 Å². The SMILES string of the molecule is COCCNC(=S)Nc1c(C)nn(Cc2ccccc2C)c1C. The largest absolute Gasteiger partial charge is 0.383 e. The number of rotatable bonds is 6. The minimum absolute atomic E-state index is 0.587. The van der Waals surface area contributed by atoms with Crippen molar-refractivity contribution in [3.05, 3.63) is 46.8 Å². The van der Waals surface area contributed by atoms with Crippen LogP contribution in [0.2, 0.25) is 0 Å². The summed E-state index contributed by atoms with van der Waals surface area (Å²) in [7, 11) is 1.67. The van der Waals surface area contributed by atoms with E-state index >= 15 is 0 Å². The fourth-order valence-corrected chi connectivity index (χ4v) is 2.61. The molecule has 2 N–H and O–H groups in total. The monoisotopic (exact) mass is 332 g/mol. The van der Waals surface area contributed by atoms with Gasteiger partial charge in [-0.05, 0) is 44.1 Å². The van der Waals surface area contributed by atoms with Gasteiger partial charge in [0.15, 0.2) is 5.11 Å². The van der Waals surface area contributed by atoms with E-state index in [2.05, 4.69) is 53.8 Å². The van der Waals surface area contributed by atoms with Gasteiger partial charge in [-0.1, -0.05) is 24.3 Å². The van der Waals surface area contributed by atoms with Crippen LogP contribution < -0.4 is 10.6 Å². The third-order valence-corrected chi connectivity index (χ3v) is 4.04. The van der Waals surface area contributed by atoms with Crippen molar-refractivity contribution in [2.24, 2.45) is 0 Å². The van der Waals surface area contributed by atoms with E-state index in [-0.39, 0.29) is 0 Å². The van der Waals surface area contributed by atoms with Crippen molar-refractivity contribution in [1.82, 2.24) is 15.1 Å². The topological polar surface area (TPSA) is 51.1 Å². The van der Waals surface area contributed by atoms with Crippen molar-refractivity contribution in [3.63, 3.8) is 0 Å². The molecule has 23 heavy (non-hydrogen) atoms. The summed E-state index contributed by atoms with van der Waals surface area (Å²) in [6.45, 7) is 8.21. The van der Waals surface area contributed by atoms with E-state index in [1.54, 1.807) is 7.11 Å². The van der Waals surface area contributed by atoms with Gasteiger partial charge in [-0.3, -0.25) is 4.68 Å². The first-order valence-electron chi connectivity index (χ1n) is 7.65. The number of hydrogen-bond donors (Lipinski definition) is 2. The van der Waals surface area contributed by atoms with Crippen molar-refractivity contribution in [1.29, 1.82) is 0 Å². The minimum atomic E-state index is 0.587. The average molecular weight is 332 g/mol. The molecule has 1 heterocycles. The van der Waals surface area contributed by atoms with Crippen molar-refractivity contribution >= 4 is 23.0 Å². The number of hydrogen-bond acceptors (Lipinski definition) is 3. The summed E-state index contributed by atoms with van der Waals surface area (Å²) < 4.78 is 7.02. The summed E-state index contributed by atoms with van der Waals surface area (Å²) in [5, 5.41) is 11.6. The number of benzene rings is 1. The zero-order valence-electron chi connectivity index (χ0n) is 14.1. The Morgan fingerprint density at radius 1 is 1.26 bits per heavy atom.